The van der Waals surface area contributed by atoms with Gasteiger partial charge in [-0.3, -0.25) is 4.79 Å². The molecule has 2 aliphatic heterocycles. The standard InChI is InChI=1S/C34H32ClN3O5S/c35-27-15-13-26(14-16-27)34(40)17-21-38(22-18-34)20-6-9-25-23-29-30(43-33-28(25)10-5-19-36-33)11-4-12-31(29)44(41,42)37-32(39)24-7-2-1-3-8-24/h1-5,7-16,19,40H,6,17-18,20-23H2,(H,37,39)/b25-9-. The molecule has 0 radical (unpaired) electrons. The first-order chi connectivity index (χ1) is 21.2. The molecular formula is C34H32ClN3O5S. The number of piperidine rings is 1. The number of benzene rings is 3. The molecule has 226 valence electrons. The Morgan fingerprint density at radius 1 is 1.00 bits per heavy atom. The molecule has 2 aliphatic rings. The van der Waals surface area contributed by atoms with Crippen molar-refractivity contribution in [1.82, 2.24) is 14.6 Å². The average Bonchev–Trinajstić information content (AvgIpc) is 3.19. The minimum atomic E-state index is -4.22. The summed E-state index contributed by atoms with van der Waals surface area (Å²) < 4.78 is 35.4. The number of allylic oxidation sites excluding steroid dienone is 1. The van der Waals surface area contributed by atoms with Gasteiger partial charge in [0.1, 0.15) is 5.75 Å². The summed E-state index contributed by atoms with van der Waals surface area (Å²) in [7, 11) is -4.22. The summed E-state index contributed by atoms with van der Waals surface area (Å²) in [6.45, 7) is 2.27. The Morgan fingerprint density at radius 3 is 2.50 bits per heavy atom. The minimum Gasteiger partial charge on any atom is -0.438 e. The number of fused-ring (bicyclic) bond motifs is 2. The van der Waals surface area contributed by atoms with E-state index in [1.165, 1.54) is 6.07 Å². The molecule has 1 fully saturated rings. The largest absolute Gasteiger partial charge is 0.438 e. The van der Waals surface area contributed by atoms with E-state index in [0.29, 0.717) is 41.5 Å². The number of amides is 1. The van der Waals surface area contributed by atoms with Crippen LogP contribution in [-0.2, 0) is 22.0 Å². The lowest BCUT2D eigenvalue weighted by atomic mass is 9.84. The Labute approximate surface area is 262 Å². The molecule has 0 saturated carbocycles. The van der Waals surface area contributed by atoms with Gasteiger partial charge in [0.05, 0.1) is 10.5 Å². The molecule has 4 aromatic rings. The van der Waals surface area contributed by atoms with Crippen molar-refractivity contribution >= 4 is 33.1 Å². The van der Waals surface area contributed by atoms with E-state index in [2.05, 4.69) is 20.7 Å². The van der Waals surface area contributed by atoms with Crippen LogP contribution in [0, 0.1) is 0 Å². The summed E-state index contributed by atoms with van der Waals surface area (Å²) >= 11 is 6.03. The lowest BCUT2D eigenvalue weighted by Gasteiger charge is -2.38. The number of hydrogen-bond acceptors (Lipinski definition) is 7. The number of rotatable bonds is 7. The van der Waals surface area contributed by atoms with Crippen LogP contribution in [0.1, 0.15) is 46.3 Å². The number of pyridine rings is 1. The molecule has 44 heavy (non-hydrogen) atoms. The van der Waals surface area contributed by atoms with Gasteiger partial charge in [0, 0.05) is 54.0 Å². The lowest BCUT2D eigenvalue weighted by molar-refractivity contribution is -0.0254. The van der Waals surface area contributed by atoms with Gasteiger partial charge >= 0.3 is 0 Å². The van der Waals surface area contributed by atoms with Crippen LogP contribution in [0.5, 0.6) is 11.6 Å². The first-order valence-electron chi connectivity index (χ1n) is 14.5. The minimum absolute atomic E-state index is 0.0181. The fourth-order valence-corrected chi connectivity index (χ4v) is 7.15. The quantitative estimate of drug-likeness (QED) is 0.260. The van der Waals surface area contributed by atoms with E-state index in [0.717, 1.165) is 36.3 Å². The van der Waals surface area contributed by atoms with Gasteiger partial charge in [-0.15, -0.1) is 0 Å². The first-order valence-corrected chi connectivity index (χ1v) is 16.4. The summed E-state index contributed by atoms with van der Waals surface area (Å²) in [6.07, 6.45) is 5.96. The molecule has 0 bridgehead atoms. The van der Waals surface area contributed by atoms with Gasteiger partial charge in [0.15, 0.2) is 0 Å². The Morgan fingerprint density at radius 2 is 1.75 bits per heavy atom. The van der Waals surface area contributed by atoms with Crippen LogP contribution >= 0.6 is 11.6 Å². The number of aliphatic hydroxyl groups is 1. The highest BCUT2D eigenvalue weighted by Gasteiger charge is 2.34. The number of halogens is 1. The van der Waals surface area contributed by atoms with Crippen LogP contribution in [0.2, 0.25) is 5.02 Å². The summed E-state index contributed by atoms with van der Waals surface area (Å²) in [5, 5.41) is 11.9. The van der Waals surface area contributed by atoms with Crippen molar-refractivity contribution in [3.05, 3.63) is 124 Å². The molecule has 0 atom stereocenters. The van der Waals surface area contributed by atoms with Crippen LogP contribution in [0.3, 0.4) is 0 Å². The maximum atomic E-state index is 13.5. The van der Waals surface area contributed by atoms with E-state index in [1.54, 1.807) is 48.7 Å². The predicted molar refractivity (Wildman–Crippen MR) is 169 cm³/mol. The number of sulfonamides is 1. The maximum absolute atomic E-state index is 13.5. The van der Waals surface area contributed by atoms with Crippen molar-refractivity contribution in [2.45, 2.75) is 36.2 Å². The summed E-state index contributed by atoms with van der Waals surface area (Å²) in [5.74, 6) is 0.0650. The van der Waals surface area contributed by atoms with E-state index < -0.39 is 21.5 Å². The first kappa shape index (κ1) is 30.0. The van der Waals surface area contributed by atoms with Gasteiger partial charge in [-0.05, 0) is 78.9 Å². The molecule has 1 saturated heterocycles. The second-order valence-electron chi connectivity index (χ2n) is 11.1. The number of carbonyl (C=O) groups is 1. The normalized spacial score (nSPS) is 17.2. The summed E-state index contributed by atoms with van der Waals surface area (Å²) in [6, 6.07) is 24.2. The van der Waals surface area contributed by atoms with Crippen molar-refractivity contribution in [1.29, 1.82) is 0 Å². The molecule has 0 spiro atoms. The van der Waals surface area contributed by atoms with Gasteiger partial charge in [0.25, 0.3) is 15.9 Å². The second-order valence-corrected chi connectivity index (χ2v) is 13.2. The third-order valence-electron chi connectivity index (χ3n) is 8.23. The smallest absolute Gasteiger partial charge is 0.264 e. The zero-order valence-corrected chi connectivity index (χ0v) is 25.5. The van der Waals surface area contributed by atoms with Crippen molar-refractivity contribution in [3.63, 3.8) is 0 Å². The highest BCUT2D eigenvalue weighted by Crippen LogP contribution is 2.40. The summed E-state index contributed by atoms with van der Waals surface area (Å²) in [5.41, 5.74) is 2.39. The molecule has 10 heteroatoms. The third-order valence-corrected chi connectivity index (χ3v) is 9.90. The van der Waals surface area contributed by atoms with Crippen LogP contribution < -0.4 is 9.46 Å². The molecule has 1 amide bonds. The molecular weight excluding hydrogens is 598 g/mol. The van der Waals surface area contributed by atoms with E-state index >= 15 is 0 Å². The number of aromatic nitrogens is 1. The number of carbonyl (C=O) groups excluding carboxylic acids is 1. The Kier molecular flexibility index (Phi) is 8.55. The number of ether oxygens (including phenoxy) is 1. The van der Waals surface area contributed by atoms with E-state index in [4.69, 9.17) is 16.3 Å². The second kappa shape index (κ2) is 12.5. The fraction of sp³-hybridized carbons (Fsp3) is 0.235. The van der Waals surface area contributed by atoms with E-state index in [-0.39, 0.29) is 16.9 Å². The monoisotopic (exact) mass is 629 g/mol. The zero-order chi connectivity index (χ0) is 30.7. The predicted octanol–water partition coefficient (Wildman–Crippen LogP) is 5.96. The topological polar surface area (TPSA) is 109 Å². The summed E-state index contributed by atoms with van der Waals surface area (Å²) in [4.78, 5) is 19.5. The number of nitrogens with zero attached hydrogens (tertiary/aromatic N) is 2. The fourth-order valence-electron chi connectivity index (χ4n) is 5.80. The van der Waals surface area contributed by atoms with Gasteiger partial charge < -0.3 is 14.7 Å². The molecule has 8 nitrogen and oxygen atoms in total. The van der Waals surface area contributed by atoms with Crippen molar-refractivity contribution in [2.75, 3.05) is 19.6 Å². The van der Waals surface area contributed by atoms with Gasteiger partial charge in [-0.25, -0.2) is 18.1 Å². The maximum Gasteiger partial charge on any atom is 0.264 e. The SMILES string of the molecule is O=C(NS(=O)(=O)c1cccc2c1C/C(=C/CCN1CCC(O)(c3ccc(Cl)cc3)CC1)c1cccnc1O2)c1ccccc1. The van der Waals surface area contributed by atoms with Gasteiger partial charge in [-0.1, -0.05) is 54.1 Å². The van der Waals surface area contributed by atoms with Crippen LogP contribution in [0.25, 0.3) is 5.57 Å². The van der Waals surface area contributed by atoms with E-state index in [9.17, 15) is 18.3 Å². The van der Waals surface area contributed by atoms with Gasteiger partial charge in [-0.2, -0.15) is 0 Å². The Bertz CT molecular complexity index is 1800. The lowest BCUT2D eigenvalue weighted by Crippen LogP contribution is -2.42. The molecule has 1 aromatic heterocycles. The Balaban J connectivity index is 1.21. The van der Waals surface area contributed by atoms with Crippen molar-refractivity contribution in [2.24, 2.45) is 0 Å². The van der Waals surface area contributed by atoms with Crippen molar-refractivity contribution in [3.8, 4) is 11.6 Å². The van der Waals surface area contributed by atoms with Crippen LogP contribution in [-0.4, -0.2) is 48.9 Å². The number of likely N-dealkylation sites (tertiary alicyclic amines) is 1. The highest BCUT2D eigenvalue weighted by atomic mass is 35.5. The molecule has 3 heterocycles. The Hall–Kier alpha value is -4.02. The highest BCUT2D eigenvalue weighted by molar-refractivity contribution is 7.90. The third kappa shape index (κ3) is 6.42. The van der Waals surface area contributed by atoms with Crippen LogP contribution in [0.15, 0.2) is 102 Å². The average molecular weight is 630 g/mol. The van der Waals surface area contributed by atoms with Crippen LogP contribution in [0.4, 0.5) is 0 Å². The van der Waals surface area contributed by atoms with E-state index in [1.807, 2.05) is 36.4 Å². The zero-order valence-electron chi connectivity index (χ0n) is 23.9. The molecule has 6 rings (SSSR count). The molecule has 0 unspecified atom stereocenters. The number of nitrogens with one attached hydrogen (secondary N) is 1. The number of hydrogen-bond donors (Lipinski definition) is 2. The molecule has 2 N–H and O–H groups in total. The molecule has 3 aromatic carbocycles. The van der Waals surface area contributed by atoms with Gasteiger partial charge in [0.2, 0.25) is 5.88 Å². The molecule has 0 aliphatic carbocycles. The van der Waals surface area contributed by atoms with Crippen molar-refractivity contribution < 1.29 is 23.1 Å².